The van der Waals surface area contributed by atoms with Crippen molar-refractivity contribution in [3.63, 3.8) is 0 Å². The molecule has 0 saturated carbocycles. The minimum Gasteiger partial charge on any atom is -0.356 e. The highest BCUT2D eigenvalue weighted by Gasteiger charge is 2.17. The van der Waals surface area contributed by atoms with E-state index >= 15 is 0 Å². The van der Waals surface area contributed by atoms with E-state index in [0.717, 1.165) is 69.8 Å². The summed E-state index contributed by atoms with van der Waals surface area (Å²) in [5, 5.41) is 12.2. The molecule has 0 aliphatic carbocycles. The van der Waals surface area contributed by atoms with Gasteiger partial charge in [0, 0.05) is 117 Å². The molecule has 4 N–H and O–H groups in total. The first kappa shape index (κ1) is 49.6. The molecule has 0 unspecified atom stereocenters. The molecule has 0 fully saturated rings. The van der Waals surface area contributed by atoms with Gasteiger partial charge in [-0.1, -0.05) is 0 Å². The molecule has 14 nitrogen and oxygen atoms in total. The van der Waals surface area contributed by atoms with Crippen molar-refractivity contribution < 1.29 is 37.1 Å². The number of amides is 4. The number of nitrogens with zero attached hydrogens (tertiary/aromatic N) is 6. The lowest BCUT2D eigenvalue weighted by molar-refractivity contribution is -0.870. The lowest BCUT2D eigenvalue weighted by Gasteiger charge is -2.28. The Morgan fingerprint density at radius 3 is 0.712 bits per heavy atom. The summed E-state index contributed by atoms with van der Waals surface area (Å²) in [6, 6.07) is 0. The van der Waals surface area contributed by atoms with E-state index in [4.69, 9.17) is 0 Å². The summed E-state index contributed by atoms with van der Waals surface area (Å²) in [4.78, 5) is 55.4. The molecule has 0 spiro atoms. The summed E-state index contributed by atoms with van der Waals surface area (Å²) in [6.07, 6.45) is 5.04. The molecule has 0 heterocycles. The van der Waals surface area contributed by atoms with Gasteiger partial charge in [-0.2, -0.15) is 0 Å². The summed E-state index contributed by atoms with van der Waals surface area (Å²) in [5.74, 6) is 0.0440. The molecular weight excluding hydrogens is 660 g/mol. The second-order valence-electron chi connectivity index (χ2n) is 18.6. The Labute approximate surface area is 318 Å². The van der Waals surface area contributed by atoms with Crippen LogP contribution in [0.1, 0.15) is 51.4 Å². The number of carbonyl (C=O) groups is 4. The quantitative estimate of drug-likeness (QED) is 0.0587. The molecule has 4 amide bonds. The Morgan fingerprint density at radius 2 is 0.538 bits per heavy atom. The van der Waals surface area contributed by atoms with Crippen LogP contribution in [0.2, 0.25) is 0 Å². The van der Waals surface area contributed by atoms with E-state index in [9.17, 15) is 19.2 Å². The lowest BCUT2D eigenvalue weighted by Crippen LogP contribution is -2.42. The van der Waals surface area contributed by atoms with Gasteiger partial charge < -0.3 is 49.0 Å². The summed E-state index contributed by atoms with van der Waals surface area (Å²) in [6.45, 7) is 9.88. The summed E-state index contributed by atoms with van der Waals surface area (Å²) in [5.41, 5.74) is 0. The standard InChI is InChI=1S/C38H80N10O4/c1-45(2,3)31-13-21-39-35(49)17-25-43(26-18-36(50)40-22-14-32-46(4,5)6)29-30-44(27-19-37(51)41-23-15-33-47(7,8)9)28-20-38(52)42-24-16-34-48(10,11)12/h13-34H2,1-12H3/p+4. The van der Waals surface area contributed by atoms with Crippen LogP contribution in [0.4, 0.5) is 0 Å². The van der Waals surface area contributed by atoms with Crippen molar-refractivity contribution in [1.29, 1.82) is 0 Å². The predicted octanol–water partition coefficient (Wildman–Crippen LogP) is 0.000800. The fourth-order valence-electron chi connectivity index (χ4n) is 5.47. The fourth-order valence-corrected chi connectivity index (χ4v) is 5.47. The van der Waals surface area contributed by atoms with Crippen LogP contribution in [0.5, 0.6) is 0 Å². The number of rotatable bonds is 31. The maximum atomic E-state index is 12.8. The monoisotopic (exact) mass is 745 g/mol. The molecule has 0 aromatic carbocycles. The topological polar surface area (TPSA) is 123 Å². The summed E-state index contributed by atoms with van der Waals surface area (Å²) < 4.78 is 3.42. The van der Waals surface area contributed by atoms with Crippen molar-refractivity contribution >= 4 is 23.6 Å². The Morgan fingerprint density at radius 1 is 0.346 bits per heavy atom. The molecule has 0 saturated heterocycles. The summed E-state index contributed by atoms with van der Waals surface area (Å²) in [7, 11) is 25.7. The number of hydrogen-bond donors (Lipinski definition) is 4. The van der Waals surface area contributed by atoms with Gasteiger partial charge in [0.15, 0.2) is 0 Å². The SMILES string of the molecule is C[N+](C)(C)CCCNC(=O)CCN(CCC(=O)NCCC[N+](C)(C)C)CCN(CCC(=O)NCCC[N+](C)(C)C)CCC(=O)NCCC[N+](C)(C)C. The van der Waals surface area contributed by atoms with Crippen molar-refractivity contribution in [1.82, 2.24) is 31.1 Å². The van der Waals surface area contributed by atoms with Crippen molar-refractivity contribution in [3.8, 4) is 0 Å². The van der Waals surface area contributed by atoms with Gasteiger partial charge in [0.2, 0.25) is 23.6 Å². The van der Waals surface area contributed by atoms with E-state index in [2.05, 4.69) is 116 Å². The van der Waals surface area contributed by atoms with E-state index in [1.807, 2.05) is 0 Å². The second kappa shape index (κ2) is 25.6. The van der Waals surface area contributed by atoms with Gasteiger partial charge in [0.05, 0.1) is 111 Å². The van der Waals surface area contributed by atoms with Crippen LogP contribution in [0.15, 0.2) is 0 Å². The highest BCUT2D eigenvalue weighted by molar-refractivity contribution is 5.77. The maximum Gasteiger partial charge on any atom is 0.221 e. The molecule has 52 heavy (non-hydrogen) atoms. The minimum absolute atomic E-state index is 0.0110. The Balaban J connectivity index is 5.37. The van der Waals surface area contributed by atoms with Crippen molar-refractivity contribution in [2.24, 2.45) is 0 Å². The highest BCUT2D eigenvalue weighted by atomic mass is 16.2. The average Bonchev–Trinajstić information content (AvgIpc) is 3.00. The van der Waals surface area contributed by atoms with E-state index in [-0.39, 0.29) is 23.6 Å². The third-order valence-electron chi connectivity index (χ3n) is 8.66. The molecule has 306 valence electrons. The zero-order valence-corrected chi connectivity index (χ0v) is 35.9. The van der Waals surface area contributed by atoms with Crippen LogP contribution in [-0.4, -0.2) is 228 Å². The number of nitrogens with one attached hydrogen (secondary N) is 4. The van der Waals surface area contributed by atoms with Crippen LogP contribution in [-0.2, 0) is 19.2 Å². The normalized spacial score (nSPS) is 12.7. The third-order valence-corrected chi connectivity index (χ3v) is 8.66. The first-order valence-electron chi connectivity index (χ1n) is 19.7. The zero-order valence-electron chi connectivity index (χ0n) is 35.9. The van der Waals surface area contributed by atoms with Gasteiger partial charge in [-0.15, -0.1) is 0 Å². The maximum absolute atomic E-state index is 12.8. The van der Waals surface area contributed by atoms with Gasteiger partial charge in [0.25, 0.3) is 0 Å². The van der Waals surface area contributed by atoms with E-state index in [0.29, 0.717) is 91.1 Å². The first-order valence-corrected chi connectivity index (χ1v) is 19.7. The smallest absolute Gasteiger partial charge is 0.221 e. The van der Waals surface area contributed by atoms with Crippen LogP contribution in [0, 0.1) is 0 Å². The number of carbonyl (C=O) groups excluding carboxylic acids is 4. The lowest BCUT2D eigenvalue weighted by atomic mass is 10.2. The Kier molecular flexibility index (Phi) is 24.5. The molecule has 0 aliphatic heterocycles. The fraction of sp³-hybridized carbons (Fsp3) is 0.895. The zero-order chi connectivity index (χ0) is 39.8. The average molecular weight is 745 g/mol. The molecule has 0 aliphatic rings. The van der Waals surface area contributed by atoms with E-state index in [1.165, 1.54) is 0 Å². The van der Waals surface area contributed by atoms with Gasteiger partial charge in [-0.25, -0.2) is 0 Å². The Bertz CT molecular complexity index is 857. The molecule has 0 atom stereocenters. The highest BCUT2D eigenvalue weighted by Crippen LogP contribution is 2.02. The largest absolute Gasteiger partial charge is 0.356 e. The predicted molar refractivity (Wildman–Crippen MR) is 213 cm³/mol. The molecule has 0 bridgehead atoms. The number of quaternary nitrogens is 4. The van der Waals surface area contributed by atoms with E-state index < -0.39 is 0 Å². The van der Waals surface area contributed by atoms with Crippen LogP contribution < -0.4 is 21.3 Å². The van der Waals surface area contributed by atoms with E-state index in [1.54, 1.807) is 0 Å². The molecule has 0 aromatic rings. The van der Waals surface area contributed by atoms with Gasteiger partial charge in [-0.05, 0) is 0 Å². The molecule has 14 heteroatoms. The Hall–Kier alpha value is -2.36. The molecule has 0 radical (unpaired) electrons. The number of hydrogen-bond acceptors (Lipinski definition) is 6. The van der Waals surface area contributed by atoms with Crippen molar-refractivity contribution in [2.75, 3.05) is 176 Å². The van der Waals surface area contributed by atoms with Crippen LogP contribution in [0.25, 0.3) is 0 Å². The molecular formula is C38H84N10O4+4. The second-order valence-corrected chi connectivity index (χ2v) is 18.6. The third kappa shape index (κ3) is 34.7. The van der Waals surface area contributed by atoms with Crippen molar-refractivity contribution in [3.05, 3.63) is 0 Å². The van der Waals surface area contributed by atoms with Crippen LogP contribution in [0.3, 0.4) is 0 Å². The molecule has 0 rings (SSSR count). The van der Waals surface area contributed by atoms with Gasteiger partial charge in [-0.3, -0.25) is 19.2 Å². The minimum atomic E-state index is 0.0110. The van der Waals surface area contributed by atoms with Crippen molar-refractivity contribution in [2.45, 2.75) is 51.4 Å². The summed E-state index contributed by atoms with van der Waals surface area (Å²) >= 11 is 0. The van der Waals surface area contributed by atoms with Crippen LogP contribution >= 0.6 is 0 Å². The van der Waals surface area contributed by atoms with Gasteiger partial charge >= 0.3 is 0 Å². The van der Waals surface area contributed by atoms with Gasteiger partial charge in [0.1, 0.15) is 0 Å². The first-order chi connectivity index (χ1) is 23.9. The molecule has 0 aromatic heterocycles.